The molecule has 0 aliphatic rings. The molecule has 0 amide bonds. The molecule has 1 aromatic heterocycles. The predicted molar refractivity (Wildman–Crippen MR) is 67.1 cm³/mol. The molecule has 0 fully saturated rings. The smallest absolute Gasteiger partial charge is 0.264 e. The Kier molecular flexibility index (Phi) is 2.62. The highest BCUT2D eigenvalue weighted by Crippen LogP contribution is 2.21. The number of hydrogen-bond donors (Lipinski definition) is 1. The molecule has 0 saturated carbocycles. The first-order chi connectivity index (χ1) is 7.34. The van der Waals surface area contributed by atoms with Gasteiger partial charge >= 0.3 is 0 Å². The molecule has 0 unspecified atom stereocenters. The standard InChI is InChI=1S/C12H8N2O.ClH/c15-11-7-9-6-5-8-3-1-2-4-10(8)12(9)14-13-11;/h1-7H,(H,13,15);1H. The van der Waals surface area contributed by atoms with Gasteiger partial charge in [-0.3, -0.25) is 4.79 Å². The second-order valence-electron chi connectivity index (χ2n) is 3.46. The largest absolute Gasteiger partial charge is 0.268 e. The summed E-state index contributed by atoms with van der Waals surface area (Å²) in [6.07, 6.45) is 0. The highest BCUT2D eigenvalue weighted by molar-refractivity contribution is 6.04. The Bertz CT molecular complexity index is 706. The molecule has 0 spiro atoms. The molecule has 0 bridgehead atoms. The summed E-state index contributed by atoms with van der Waals surface area (Å²) in [5.41, 5.74) is 0.672. The van der Waals surface area contributed by atoms with Gasteiger partial charge in [0.1, 0.15) is 0 Å². The Morgan fingerprint density at radius 1 is 1.00 bits per heavy atom. The van der Waals surface area contributed by atoms with Crippen LogP contribution in [0.5, 0.6) is 0 Å². The van der Waals surface area contributed by atoms with Gasteiger partial charge in [0.15, 0.2) is 0 Å². The maximum absolute atomic E-state index is 11.1. The molecular formula is C12H9ClN2O. The summed E-state index contributed by atoms with van der Waals surface area (Å²) in [7, 11) is 0. The second-order valence-corrected chi connectivity index (χ2v) is 3.46. The fraction of sp³-hybridized carbons (Fsp3) is 0. The third kappa shape index (κ3) is 1.55. The number of rotatable bonds is 0. The molecule has 0 aliphatic carbocycles. The Balaban J connectivity index is 0.000000963. The third-order valence-corrected chi connectivity index (χ3v) is 2.50. The van der Waals surface area contributed by atoms with E-state index in [9.17, 15) is 4.79 Å². The number of nitrogens with zero attached hydrogens (tertiary/aromatic N) is 1. The molecule has 1 N–H and O–H groups in total. The molecule has 16 heavy (non-hydrogen) atoms. The Hall–Kier alpha value is -1.87. The van der Waals surface area contributed by atoms with Crippen LogP contribution in [0.15, 0.2) is 47.3 Å². The minimum absolute atomic E-state index is 0. The van der Waals surface area contributed by atoms with Gasteiger partial charge in [0.2, 0.25) is 0 Å². The summed E-state index contributed by atoms with van der Waals surface area (Å²) >= 11 is 0. The molecule has 3 rings (SSSR count). The van der Waals surface area contributed by atoms with Crippen molar-refractivity contribution in [1.29, 1.82) is 0 Å². The van der Waals surface area contributed by atoms with Crippen LogP contribution < -0.4 is 5.56 Å². The van der Waals surface area contributed by atoms with Crippen molar-refractivity contribution in [1.82, 2.24) is 10.2 Å². The van der Waals surface area contributed by atoms with Crippen molar-refractivity contribution in [3.63, 3.8) is 0 Å². The number of aromatic nitrogens is 2. The van der Waals surface area contributed by atoms with Crippen LogP contribution in [0.25, 0.3) is 21.7 Å². The van der Waals surface area contributed by atoms with Crippen LogP contribution in [0.1, 0.15) is 0 Å². The lowest BCUT2D eigenvalue weighted by molar-refractivity contribution is 1.03. The molecule has 3 aromatic rings. The van der Waals surface area contributed by atoms with Crippen molar-refractivity contribution in [2.24, 2.45) is 0 Å². The van der Waals surface area contributed by atoms with Crippen molar-refractivity contribution < 1.29 is 0 Å². The lowest BCUT2D eigenvalue weighted by Crippen LogP contribution is -2.05. The number of benzene rings is 2. The van der Waals surface area contributed by atoms with Gasteiger partial charge < -0.3 is 0 Å². The summed E-state index contributed by atoms with van der Waals surface area (Å²) in [4.78, 5) is 11.1. The average Bonchev–Trinajstić information content (AvgIpc) is 2.28. The van der Waals surface area contributed by atoms with Crippen molar-refractivity contribution >= 4 is 34.1 Å². The fourth-order valence-electron chi connectivity index (χ4n) is 1.80. The molecule has 0 aliphatic heterocycles. The van der Waals surface area contributed by atoms with E-state index in [1.165, 1.54) is 0 Å². The van der Waals surface area contributed by atoms with Gasteiger partial charge in [-0.1, -0.05) is 36.4 Å². The maximum Gasteiger partial charge on any atom is 0.264 e. The van der Waals surface area contributed by atoms with Crippen LogP contribution in [0.2, 0.25) is 0 Å². The Morgan fingerprint density at radius 2 is 1.75 bits per heavy atom. The first-order valence-corrected chi connectivity index (χ1v) is 4.72. The molecule has 1 heterocycles. The molecule has 2 aromatic carbocycles. The van der Waals surface area contributed by atoms with Crippen LogP contribution in [0.4, 0.5) is 0 Å². The lowest BCUT2D eigenvalue weighted by atomic mass is 10.1. The van der Waals surface area contributed by atoms with E-state index in [-0.39, 0.29) is 18.0 Å². The van der Waals surface area contributed by atoms with Crippen LogP contribution >= 0.6 is 12.4 Å². The van der Waals surface area contributed by atoms with E-state index in [0.29, 0.717) is 0 Å². The quantitative estimate of drug-likeness (QED) is 0.606. The lowest BCUT2D eigenvalue weighted by Gasteiger charge is -2.00. The van der Waals surface area contributed by atoms with E-state index in [1.54, 1.807) is 6.07 Å². The summed E-state index contributed by atoms with van der Waals surface area (Å²) in [5.74, 6) is 0. The molecule has 4 heteroatoms. The monoisotopic (exact) mass is 232 g/mol. The zero-order chi connectivity index (χ0) is 10.3. The Labute approximate surface area is 97.5 Å². The van der Waals surface area contributed by atoms with E-state index in [2.05, 4.69) is 10.2 Å². The molecule has 3 nitrogen and oxygen atoms in total. The number of nitrogens with one attached hydrogen (secondary N) is 1. The van der Waals surface area contributed by atoms with E-state index >= 15 is 0 Å². The zero-order valence-electron chi connectivity index (χ0n) is 8.31. The maximum atomic E-state index is 11.1. The van der Waals surface area contributed by atoms with Gasteiger partial charge in [0.05, 0.1) is 5.52 Å². The topological polar surface area (TPSA) is 45.8 Å². The third-order valence-electron chi connectivity index (χ3n) is 2.50. The van der Waals surface area contributed by atoms with Crippen molar-refractivity contribution in [3.8, 4) is 0 Å². The van der Waals surface area contributed by atoms with Crippen molar-refractivity contribution in [2.45, 2.75) is 0 Å². The minimum atomic E-state index is -0.169. The molecule has 0 atom stereocenters. The number of aromatic amines is 1. The van der Waals surface area contributed by atoms with E-state index in [0.717, 1.165) is 21.7 Å². The van der Waals surface area contributed by atoms with Crippen LogP contribution in [-0.2, 0) is 0 Å². The van der Waals surface area contributed by atoms with Crippen LogP contribution in [0.3, 0.4) is 0 Å². The summed E-state index contributed by atoms with van der Waals surface area (Å²) in [5, 5.41) is 9.60. The summed E-state index contributed by atoms with van der Waals surface area (Å²) in [6.45, 7) is 0. The van der Waals surface area contributed by atoms with Gasteiger partial charge in [-0.15, -0.1) is 12.4 Å². The first-order valence-electron chi connectivity index (χ1n) is 4.72. The first kappa shape index (κ1) is 10.6. The summed E-state index contributed by atoms with van der Waals surface area (Å²) < 4.78 is 0. The predicted octanol–water partition coefficient (Wildman–Crippen LogP) is 2.50. The molecule has 0 saturated heterocycles. The molecular weight excluding hydrogens is 224 g/mol. The highest BCUT2D eigenvalue weighted by Gasteiger charge is 2.00. The van der Waals surface area contributed by atoms with Gasteiger partial charge in [-0.05, 0) is 5.39 Å². The van der Waals surface area contributed by atoms with Crippen LogP contribution in [0, 0.1) is 0 Å². The second kappa shape index (κ2) is 3.94. The number of halogens is 1. The SMILES string of the molecule is Cl.O=c1cc2ccc3ccccc3c2n[nH]1. The van der Waals surface area contributed by atoms with Gasteiger partial charge in [-0.25, -0.2) is 5.10 Å². The normalized spacial score (nSPS) is 10.2. The van der Waals surface area contributed by atoms with Crippen molar-refractivity contribution in [3.05, 3.63) is 52.8 Å². The zero-order valence-corrected chi connectivity index (χ0v) is 9.12. The van der Waals surface area contributed by atoms with E-state index < -0.39 is 0 Å². The number of hydrogen-bond acceptors (Lipinski definition) is 2. The Morgan fingerprint density at radius 3 is 2.62 bits per heavy atom. The minimum Gasteiger partial charge on any atom is -0.268 e. The number of H-pyrrole nitrogens is 1. The van der Waals surface area contributed by atoms with E-state index in [4.69, 9.17) is 0 Å². The van der Waals surface area contributed by atoms with Crippen molar-refractivity contribution in [2.75, 3.05) is 0 Å². The average molecular weight is 233 g/mol. The van der Waals surface area contributed by atoms with Crippen LogP contribution in [-0.4, -0.2) is 10.2 Å². The van der Waals surface area contributed by atoms with Gasteiger partial charge in [-0.2, -0.15) is 5.10 Å². The van der Waals surface area contributed by atoms with Gasteiger partial charge in [0, 0.05) is 16.8 Å². The summed E-state index contributed by atoms with van der Waals surface area (Å²) in [6, 6.07) is 13.5. The number of fused-ring (bicyclic) bond motifs is 3. The van der Waals surface area contributed by atoms with E-state index in [1.807, 2.05) is 36.4 Å². The molecule has 80 valence electrons. The fourth-order valence-corrected chi connectivity index (χ4v) is 1.80. The highest BCUT2D eigenvalue weighted by atomic mass is 35.5. The molecule has 0 radical (unpaired) electrons. The van der Waals surface area contributed by atoms with Gasteiger partial charge in [0.25, 0.3) is 5.56 Å².